The van der Waals surface area contributed by atoms with Gasteiger partial charge < -0.3 is 14.8 Å². The maximum atomic E-state index is 12.7. The highest BCUT2D eigenvalue weighted by atomic mass is 32.1. The summed E-state index contributed by atoms with van der Waals surface area (Å²) in [7, 11) is 3.90. The molecule has 0 fully saturated rings. The van der Waals surface area contributed by atoms with Crippen LogP contribution in [0.1, 0.15) is 17.3 Å². The van der Waals surface area contributed by atoms with E-state index in [2.05, 4.69) is 16.9 Å². The first kappa shape index (κ1) is 19.6. The van der Waals surface area contributed by atoms with Crippen LogP contribution < -0.4 is 15.0 Å². The van der Waals surface area contributed by atoms with Crippen molar-refractivity contribution in [3.05, 3.63) is 65.5 Å². The van der Waals surface area contributed by atoms with Crippen LogP contribution in [0.2, 0.25) is 0 Å². The Hall–Kier alpha value is -3.19. The molecule has 0 saturated carbocycles. The summed E-state index contributed by atoms with van der Waals surface area (Å²) in [5, 5.41) is 2.78. The Morgan fingerprint density at radius 3 is 2.54 bits per heavy atom. The first-order chi connectivity index (χ1) is 13.4. The SMILES string of the molecule is C=CCn1c(=NC(=O)c2ccc(N(C)C)cc2)sc2cc(NC(C)=O)ccc21. The van der Waals surface area contributed by atoms with Gasteiger partial charge in [0, 0.05) is 44.5 Å². The third-order valence-corrected chi connectivity index (χ3v) is 5.18. The van der Waals surface area contributed by atoms with E-state index in [-0.39, 0.29) is 11.8 Å². The van der Waals surface area contributed by atoms with Crippen molar-refractivity contribution >= 4 is 44.7 Å². The first-order valence-electron chi connectivity index (χ1n) is 8.77. The topological polar surface area (TPSA) is 66.7 Å². The number of allylic oxidation sites excluding steroid dienone is 1. The molecule has 6 nitrogen and oxygen atoms in total. The molecular formula is C21H22N4O2S. The lowest BCUT2D eigenvalue weighted by molar-refractivity contribution is -0.114. The number of anilines is 2. The van der Waals surface area contributed by atoms with Crippen LogP contribution in [0.3, 0.4) is 0 Å². The van der Waals surface area contributed by atoms with Gasteiger partial charge in [-0.2, -0.15) is 4.99 Å². The van der Waals surface area contributed by atoms with Gasteiger partial charge in [0.05, 0.1) is 10.2 Å². The Morgan fingerprint density at radius 2 is 1.93 bits per heavy atom. The Bertz CT molecular complexity index is 1110. The van der Waals surface area contributed by atoms with Crippen molar-refractivity contribution in [2.24, 2.45) is 4.99 Å². The zero-order valence-electron chi connectivity index (χ0n) is 16.1. The summed E-state index contributed by atoms with van der Waals surface area (Å²) in [6.07, 6.45) is 1.77. The molecule has 144 valence electrons. The minimum absolute atomic E-state index is 0.129. The van der Waals surface area contributed by atoms with Gasteiger partial charge in [-0.25, -0.2) is 0 Å². The summed E-state index contributed by atoms with van der Waals surface area (Å²) >= 11 is 1.40. The number of fused-ring (bicyclic) bond motifs is 1. The van der Waals surface area contributed by atoms with Crippen LogP contribution in [0.15, 0.2) is 60.1 Å². The van der Waals surface area contributed by atoms with Gasteiger partial charge in [0.15, 0.2) is 4.80 Å². The van der Waals surface area contributed by atoms with E-state index in [1.54, 1.807) is 18.2 Å². The van der Waals surface area contributed by atoms with Crippen molar-refractivity contribution in [2.45, 2.75) is 13.5 Å². The molecule has 2 aromatic carbocycles. The second-order valence-electron chi connectivity index (χ2n) is 6.51. The van der Waals surface area contributed by atoms with Crippen molar-refractivity contribution in [1.82, 2.24) is 4.57 Å². The molecule has 0 aliphatic carbocycles. The number of amides is 2. The van der Waals surface area contributed by atoms with E-state index >= 15 is 0 Å². The number of rotatable bonds is 5. The van der Waals surface area contributed by atoms with Crippen LogP contribution in [-0.2, 0) is 11.3 Å². The molecule has 1 aromatic heterocycles. The second kappa shape index (κ2) is 8.22. The Morgan fingerprint density at radius 1 is 1.21 bits per heavy atom. The summed E-state index contributed by atoms with van der Waals surface area (Å²) in [5.74, 6) is -0.423. The van der Waals surface area contributed by atoms with E-state index in [1.165, 1.54) is 18.3 Å². The summed E-state index contributed by atoms with van der Waals surface area (Å²) in [6.45, 7) is 5.80. The van der Waals surface area contributed by atoms with Crippen molar-refractivity contribution < 1.29 is 9.59 Å². The summed E-state index contributed by atoms with van der Waals surface area (Å²) < 4.78 is 2.87. The van der Waals surface area contributed by atoms with Crippen molar-refractivity contribution in [3.63, 3.8) is 0 Å². The molecule has 2 amide bonds. The monoisotopic (exact) mass is 394 g/mol. The Kier molecular flexibility index (Phi) is 5.75. The number of benzene rings is 2. The molecule has 3 aromatic rings. The van der Waals surface area contributed by atoms with Crippen LogP contribution >= 0.6 is 11.3 Å². The van der Waals surface area contributed by atoms with Crippen molar-refractivity contribution in [3.8, 4) is 0 Å². The number of hydrogen-bond acceptors (Lipinski definition) is 4. The normalized spacial score (nSPS) is 11.5. The van der Waals surface area contributed by atoms with Gasteiger partial charge in [-0.1, -0.05) is 17.4 Å². The zero-order chi connectivity index (χ0) is 20.3. The average Bonchev–Trinajstić information content (AvgIpc) is 2.98. The van der Waals surface area contributed by atoms with Crippen LogP contribution in [0, 0.1) is 0 Å². The number of nitrogens with zero attached hydrogens (tertiary/aromatic N) is 3. The largest absolute Gasteiger partial charge is 0.378 e. The Balaban J connectivity index is 2.04. The van der Waals surface area contributed by atoms with Gasteiger partial charge in [0.1, 0.15) is 0 Å². The minimum Gasteiger partial charge on any atom is -0.378 e. The van der Waals surface area contributed by atoms with E-state index in [1.807, 2.05) is 53.9 Å². The Labute approximate surface area is 167 Å². The predicted octanol–water partition coefficient (Wildman–Crippen LogP) is 3.65. The maximum Gasteiger partial charge on any atom is 0.279 e. The third kappa shape index (κ3) is 4.20. The van der Waals surface area contributed by atoms with Gasteiger partial charge in [-0.05, 0) is 42.5 Å². The average molecular weight is 395 g/mol. The molecule has 0 saturated heterocycles. The second-order valence-corrected chi connectivity index (χ2v) is 7.51. The minimum atomic E-state index is -0.295. The number of hydrogen-bond donors (Lipinski definition) is 1. The lowest BCUT2D eigenvalue weighted by atomic mass is 10.2. The molecule has 0 atom stereocenters. The molecule has 0 aliphatic rings. The number of thiazole rings is 1. The number of aromatic nitrogens is 1. The molecule has 0 unspecified atom stereocenters. The van der Waals surface area contributed by atoms with Gasteiger partial charge in [0.25, 0.3) is 5.91 Å². The lowest BCUT2D eigenvalue weighted by Crippen LogP contribution is -2.16. The molecule has 28 heavy (non-hydrogen) atoms. The fraction of sp³-hybridized carbons (Fsp3) is 0.190. The molecule has 0 spiro atoms. The fourth-order valence-corrected chi connectivity index (χ4v) is 3.88. The van der Waals surface area contributed by atoms with E-state index in [0.717, 1.165) is 15.9 Å². The van der Waals surface area contributed by atoms with Gasteiger partial charge in [0.2, 0.25) is 5.91 Å². The zero-order valence-corrected chi connectivity index (χ0v) is 16.9. The fourth-order valence-electron chi connectivity index (χ4n) is 2.80. The molecule has 1 heterocycles. The molecular weight excluding hydrogens is 372 g/mol. The van der Waals surface area contributed by atoms with Crippen LogP contribution in [0.25, 0.3) is 10.2 Å². The van der Waals surface area contributed by atoms with Gasteiger partial charge >= 0.3 is 0 Å². The van der Waals surface area contributed by atoms with Crippen LogP contribution in [0.4, 0.5) is 11.4 Å². The summed E-state index contributed by atoms with van der Waals surface area (Å²) in [4.78, 5) is 30.9. The molecule has 1 N–H and O–H groups in total. The predicted molar refractivity (Wildman–Crippen MR) is 115 cm³/mol. The van der Waals surface area contributed by atoms with Crippen molar-refractivity contribution in [2.75, 3.05) is 24.3 Å². The quantitative estimate of drug-likeness (QED) is 0.672. The van der Waals surface area contributed by atoms with Crippen LogP contribution in [0.5, 0.6) is 0 Å². The molecule has 3 rings (SSSR count). The van der Waals surface area contributed by atoms with E-state index in [0.29, 0.717) is 22.6 Å². The number of nitrogens with one attached hydrogen (secondary N) is 1. The molecule has 0 aliphatic heterocycles. The van der Waals surface area contributed by atoms with E-state index in [9.17, 15) is 9.59 Å². The smallest absolute Gasteiger partial charge is 0.279 e. The highest BCUT2D eigenvalue weighted by Crippen LogP contribution is 2.22. The van der Waals surface area contributed by atoms with Crippen molar-refractivity contribution in [1.29, 1.82) is 0 Å². The highest BCUT2D eigenvalue weighted by molar-refractivity contribution is 7.16. The number of carbonyl (C=O) groups excluding carboxylic acids is 2. The van der Waals surface area contributed by atoms with Gasteiger partial charge in [-0.15, -0.1) is 6.58 Å². The first-order valence-corrected chi connectivity index (χ1v) is 9.59. The standard InChI is InChI=1S/C21H22N4O2S/c1-5-12-25-18-11-8-16(22-14(2)26)13-19(18)28-21(25)23-20(27)15-6-9-17(10-7-15)24(3)4/h5-11,13H,1,12H2,2-4H3,(H,22,26). The summed E-state index contributed by atoms with van der Waals surface area (Å²) in [5.41, 5.74) is 3.20. The lowest BCUT2D eigenvalue weighted by Gasteiger charge is -2.11. The maximum absolute atomic E-state index is 12.7. The van der Waals surface area contributed by atoms with E-state index < -0.39 is 0 Å². The van der Waals surface area contributed by atoms with E-state index in [4.69, 9.17) is 0 Å². The third-order valence-electron chi connectivity index (χ3n) is 4.14. The molecule has 7 heteroatoms. The number of carbonyl (C=O) groups is 2. The molecule has 0 bridgehead atoms. The van der Waals surface area contributed by atoms with Gasteiger partial charge in [-0.3, -0.25) is 9.59 Å². The molecule has 0 radical (unpaired) electrons. The highest BCUT2D eigenvalue weighted by Gasteiger charge is 2.10. The summed E-state index contributed by atoms with van der Waals surface area (Å²) in [6, 6.07) is 13.0. The van der Waals surface area contributed by atoms with Crippen LogP contribution in [-0.4, -0.2) is 30.5 Å².